The number of hydrazone groups is 1. The van der Waals surface area contributed by atoms with Gasteiger partial charge in [-0.15, -0.1) is 10.2 Å². The molecule has 6 heteroatoms. The number of aryl methyl sites for hydroxylation is 1. The Morgan fingerprint density at radius 3 is 2.78 bits per heavy atom. The highest BCUT2D eigenvalue weighted by atomic mass is 16.1. The second-order valence-electron chi connectivity index (χ2n) is 4.36. The molecule has 0 unspecified atom stereocenters. The van der Waals surface area contributed by atoms with Crippen LogP contribution in [0.15, 0.2) is 9.90 Å². The zero-order chi connectivity index (χ0) is 13.4. The van der Waals surface area contributed by atoms with Gasteiger partial charge in [0.1, 0.15) is 5.69 Å². The van der Waals surface area contributed by atoms with Gasteiger partial charge in [-0.05, 0) is 26.7 Å². The molecule has 0 atom stereocenters. The Hall–Kier alpha value is -1.72. The number of aromatic amines is 1. The van der Waals surface area contributed by atoms with E-state index in [-0.39, 0.29) is 11.5 Å². The highest BCUT2D eigenvalue weighted by molar-refractivity contribution is 5.82. The third-order valence-corrected chi connectivity index (χ3v) is 2.61. The summed E-state index contributed by atoms with van der Waals surface area (Å²) in [7, 11) is 0. The first-order valence-corrected chi connectivity index (χ1v) is 6.36. The summed E-state index contributed by atoms with van der Waals surface area (Å²) in [5.74, 6) is 0.276. The Labute approximate surface area is 107 Å². The summed E-state index contributed by atoms with van der Waals surface area (Å²) in [5.41, 5.74) is 3.81. The van der Waals surface area contributed by atoms with Gasteiger partial charge in [0.2, 0.25) is 5.95 Å². The van der Waals surface area contributed by atoms with E-state index < -0.39 is 0 Å². The number of rotatable bonds is 7. The maximum absolute atomic E-state index is 11.3. The summed E-state index contributed by atoms with van der Waals surface area (Å²) in [5, 5.41) is 11.7. The molecule has 2 N–H and O–H groups in total. The van der Waals surface area contributed by atoms with Crippen molar-refractivity contribution in [1.82, 2.24) is 15.2 Å². The van der Waals surface area contributed by atoms with Crippen LogP contribution in [0.4, 0.5) is 5.95 Å². The third-order valence-electron chi connectivity index (χ3n) is 2.61. The molecular weight excluding hydrogens is 230 g/mol. The van der Waals surface area contributed by atoms with E-state index in [4.69, 9.17) is 0 Å². The molecule has 0 fully saturated rings. The van der Waals surface area contributed by atoms with E-state index in [1.807, 2.05) is 6.92 Å². The van der Waals surface area contributed by atoms with Crippen molar-refractivity contribution in [3.05, 3.63) is 16.0 Å². The van der Waals surface area contributed by atoms with E-state index in [1.54, 1.807) is 6.92 Å². The van der Waals surface area contributed by atoms with Crippen LogP contribution < -0.4 is 11.0 Å². The van der Waals surface area contributed by atoms with Gasteiger partial charge in [-0.25, -0.2) is 5.43 Å². The van der Waals surface area contributed by atoms with Gasteiger partial charge in [-0.2, -0.15) is 5.10 Å². The standard InChI is InChI=1S/C12H21N5O/c1-4-5-6-7-8-9(2)14-16-12-13-11(18)10(3)15-17-12/h4-8H2,1-3H3,(H2,13,16,17,18)/b14-9+. The van der Waals surface area contributed by atoms with Gasteiger partial charge in [0.25, 0.3) is 5.56 Å². The fourth-order valence-corrected chi connectivity index (χ4v) is 1.46. The minimum absolute atomic E-state index is 0.247. The molecule has 0 bridgehead atoms. The van der Waals surface area contributed by atoms with Gasteiger partial charge in [-0.1, -0.05) is 26.2 Å². The summed E-state index contributed by atoms with van der Waals surface area (Å²) in [6.07, 6.45) is 5.81. The smallest absolute Gasteiger partial charge is 0.274 e. The van der Waals surface area contributed by atoms with Crippen LogP contribution in [0.1, 0.15) is 51.6 Å². The number of anilines is 1. The summed E-state index contributed by atoms with van der Waals surface area (Å²) in [6.45, 7) is 5.76. The van der Waals surface area contributed by atoms with E-state index in [0.29, 0.717) is 5.69 Å². The molecule has 0 aliphatic carbocycles. The molecule has 1 heterocycles. The van der Waals surface area contributed by atoms with Crippen molar-refractivity contribution < 1.29 is 0 Å². The number of hydrogen-bond acceptors (Lipinski definition) is 5. The SMILES string of the molecule is CCCCCC/C(C)=N/Nc1nnc(C)c(=O)[nH]1. The number of unbranched alkanes of at least 4 members (excludes halogenated alkanes) is 3. The molecule has 0 saturated heterocycles. The fraction of sp³-hybridized carbons (Fsp3) is 0.667. The Morgan fingerprint density at radius 1 is 1.33 bits per heavy atom. The first-order valence-electron chi connectivity index (χ1n) is 6.36. The van der Waals surface area contributed by atoms with Crippen molar-refractivity contribution in [2.45, 2.75) is 52.9 Å². The molecule has 0 spiro atoms. The lowest BCUT2D eigenvalue weighted by atomic mass is 10.1. The van der Waals surface area contributed by atoms with Crippen LogP contribution in [0.25, 0.3) is 0 Å². The predicted molar refractivity (Wildman–Crippen MR) is 72.9 cm³/mol. The largest absolute Gasteiger partial charge is 0.288 e. The van der Waals surface area contributed by atoms with Crippen molar-refractivity contribution >= 4 is 11.7 Å². The van der Waals surface area contributed by atoms with Gasteiger partial charge in [0.05, 0.1) is 0 Å². The first kappa shape index (κ1) is 14.3. The van der Waals surface area contributed by atoms with E-state index in [0.717, 1.165) is 18.6 Å². The fourth-order valence-electron chi connectivity index (χ4n) is 1.46. The Kier molecular flexibility index (Phi) is 6.04. The lowest BCUT2D eigenvalue weighted by molar-refractivity contribution is 0.682. The predicted octanol–water partition coefficient (Wildman–Crippen LogP) is 2.23. The number of aromatic nitrogens is 3. The van der Waals surface area contributed by atoms with Crippen LogP contribution in [0.5, 0.6) is 0 Å². The van der Waals surface area contributed by atoms with Crippen molar-refractivity contribution in [2.24, 2.45) is 5.10 Å². The van der Waals surface area contributed by atoms with Crippen LogP contribution in [0.3, 0.4) is 0 Å². The van der Waals surface area contributed by atoms with Crippen molar-refractivity contribution in [1.29, 1.82) is 0 Å². The zero-order valence-electron chi connectivity index (χ0n) is 11.3. The van der Waals surface area contributed by atoms with E-state index in [1.165, 1.54) is 19.3 Å². The second-order valence-corrected chi connectivity index (χ2v) is 4.36. The van der Waals surface area contributed by atoms with Crippen LogP contribution >= 0.6 is 0 Å². The highest BCUT2D eigenvalue weighted by Gasteiger charge is 1.98. The number of nitrogens with zero attached hydrogens (tertiary/aromatic N) is 3. The molecule has 0 aliphatic rings. The molecule has 0 amide bonds. The van der Waals surface area contributed by atoms with Crippen molar-refractivity contribution in [3.8, 4) is 0 Å². The van der Waals surface area contributed by atoms with E-state index in [9.17, 15) is 4.79 Å². The average Bonchev–Trinajstić information content (AvgIpc) is 2.36. The normalized spacial score (nSPS) is 11.6. The van der Waals surface area contributed by atoms with E-state index >= 15 is 0 Å². The average molecular weight is 251 g/mol. The van der Waals surface area contributed by atoms with Crippen LogP contribution in [0, 0.1) is 6.92 Å². The number of H-pyrrole nitrogens is 1. The lowest BCUT2D eigenvalue weighted by Crippen LogP contribution is -2.15. The molecule has 18 heavy (non-hydrogen) atoms. The molecule has 1 aromatic rings. The molecular formula is C12H21N5O. The van der Waals surface area contributed by atoms with Crippen molar-refractivity contribution in [2.75, 3.05) is 5.43 Å². The van der Waals surface area contributed by atoms with Gasteiger partial charge < -0.3 is 0 Å². The molecule has 0 aromatic carbocycles. The summed E-state index contributed by atoms with van der Waals surface area (Å²) in [6, 6.07) is 0. The van der Waals surface area contributed by atoms with Crippen LogP contribution in [-0.4, -0.2) is 20.9 Å². The van der Waals surface area contributed by atoms with Gasteiger partial charge >= 0.3 is 0 Å². The molecule has 1 aromatic heterocycles. The van der Waals surface area contributed by atoms with Crippen molar-refractivity contribution in [3.63, 3.8) is 0 Å². The van der Waals surface area contributed by atoms with Crippen LogP contribution in [0.2, 0.25) is 0 Å². The molecule has 0 aliphatic heterocycles. The quantitative estimate of drug-likeness (QED) is 0.442. The minimum atomic E-state index is -0.247. The summed E-state index contributed by atoms with van der Waals surface area (Å²) in [4.78, 5) is 13.8. The summed E-state index contributed by atoms with van der Waals surface area (Å²) >= 11 is 0. The topological polar surface area (TPSA) is 83.0 Å². The lowest BCUT2D eigenvalue weighted by Gasteiger charge is -2.02. The maximum Gasteiger partial charge on any atom is 0.274 e. The van der Waals surface area contributed by atoms with Gasteiger partial charge in [0, 0.05) is 5.71 Å². The Balaban J connectivity index is 2.42. The van der Waals surface area contributed by atoms with E-state index in [2.05, 4.69) is 32.6 Å². The minimum Gasteiger partial charge on any atom is -0.288 e. The molecule has 0 saturated carbocycles. The Bertz CT molecular complexity index is 452. The van der Waals surface area contributed by atoms with Crippen LogP contribution in [-0.2, 0) is 0 Å². The molecule has 1 rings (SSSR count). The van der Waals surface area contributed by atoms with Gasteiger partial charge in [0.15, 0.2) is 0 Å². The number of nitrogens with one attached hydrogen (secondary N) is 2. The highest BCUT2D eigenvalue weighted by Crippen LogP contribution is 2.03. The third kappa shape index (κ3) is 5.07. The molecule has 6 nitrogen and oxygen atoms in total. The maximum atomic E-state index is 11.3. The second kappa shape index (κ2) is 7.58. The monoisotopic (exact) mass is 251 g/mol. The Morgan fingerprint density at radius 2 is 2.11 bits per heavy atom. The summed E-state index contributed by atoms with van der Waals surface area (Å²) < 4.78 is 0. The zero-order valence-corrected chi connectivity index (χ0v) is 11.3. The molecule has 100 valence electrons. The molecule has 0 radical (unpaired) electrons. The van der Waals surface area contributed by atoms with Gasteiger partial charge in [-0.3, -0.25) is 9.78 Å². The first-order chi connectivity index (χ1) is 8.63. The number of hydrogen-bond donors (Lipinski definition) is 2.